The lowest BCUT2D eigenvalue weighted by Crippen LogP contribution is -2.15. The molecule has 11 rings (SSSR count). The summed E-state index contributed by atoms with van der Waals surface area (Å²) < 4.78 is 12.8. The van der Waals surface area contributed by atoms with Gasteiger partial charge in [-0.15, -0.1) is 0 Å². The second kappa shape index (κ2) is 10.7. The first kappa shape index (κ1) is 30.4. The zero-order chi connectivity index (χ0) is 34.9. The normalized spacial score (nSPS) is 15.8. The van der Waals surface area contributed by atoms with Gasteiger partial charge >= 0.3 is 0 Å². The van der Waals surface area contributed by atoms with Gasteiger partial charge in [0, 0.05) is 52.7 Å². The molecule has 52 heavy (non-hydrogen) atoms. The molecule has 3 nitrogen and oxygen atoms in total. The predicted molar refractivity (Wildman–Crippen MR) is 212 cm³/mol. The number of fused-ring (bicyclic) bond motifs is 12. The Morgan fingerprint density at radius 2 is 1.04 bits per heavy atom. The topological polar surface area (TPSA) is 31.4 Å². The molecule has 0 radical (unpaired) electrons. The maximum Gasteiger partial charge on any atom is 0.178 e. The van der Waals surface area contributed by atoms with Gasteiger partial charge in [-0.2, -0.15) is 0 Å². The molecule has 0 saturated carbocycles. The van der Waals surface area contributed by atoms with Crippen molar-refractivity contribution in [2.75, 3.05) is 0 Å². The van der Waals surface area contributed by atoms with Crippen molar-refractivity contribution in [2.24, 2.45) is 0 Å². The van der Waals surface area contributed by atoms with Gasteiger partial charge in [-0.25, -0.2) is 4.98 Å². The van der Waals surface area contributed by atoms with Crippen molar-refractivity contribution in [3.05, 3.63) is 150 Å². The zero-order valence-electron chi connectivity index (χ0n) is 29.2. The Labute approximate surface area is 312 Å². The first-order chi connectivity index (χ1) is 25.3. The average molecular weight is 708 g/mol. The van der Waals surface area contributed by atoms with E-state index >= 15 is 0 Å². The van der Waals surface area contributed by atoms with E-state index in [0.717, 1.165) is 51.1 Å². The minimum atomic E-state index is -0.216. The molecule has 0 fully saturated rings. The number of ether oxygens (including phenoxy) is 2. The van der Waals surface area contributed by atoms with E-state index in [-0.39, 0.29) is 10.8 Å². The van der Waals surface area contributed by atoms with Crippen LogP contribution in [0.5, 0.6) is 23.0 Å². The fourth-order valence-corrected chi connectivity index (χ4v) is 11.1. The van der Waals surface area contributed by atoms with Gasteiger partial charge in [0.15, 0.2) is 23.0 Å². The third-order valence-corrected chi connectivity index (χ3v) is 14.0. The summed E-state index contributed by atoms with van der Waals surface area (Å²) in [5, 5.41) is 0. The van der Waals surface area contributed by atoms with Crippen molar-refractivity contribution >= 4 is 23.5 Å². The highest BCUT2D eigenvalue weighted by Crippen LogP contribution is 2.60. The van der Waals surface area contributed by atoms with Crippen molar-refractivity contribution in [3.8, 4) is 67.8 Å². The van der Waals surface area contributed by atoms with Crippen molar-refractivity contribution in [2.45, 2.75) is 58.1 Å². The van der Waals surface area contributed by atoms with Crippen LogP contribution in [-0.4, -0.2) is 4.98 Å². The second-order valence-corrected chi connectivity index (χ2v) is 17.2. The van der Waals surface area contributed by atoms with E-state index in [1.165, 1.54) is 58.5 Å². The summed E-state index contributed by atoms with van der Waals surface area (Å²) in [4.78, 5) is 10.7. The summed E-state index contributed by atoms with van der Waals surface area (Å²) >= 11 is 3.80. The fraction of sp³-hybridized carbons (Fsp3) is 0.128. The van der Waals surface area contributed by atoms with Gasteiger partial charge in [0.25, 0.3) is 0 Å². The van der Waals surface area contributed by atoms with Crippen LogP contribution in [0.15, 0.2) is 147 Å². The molecule has 250 valence electrons. The van der Waals surface area contributed by atoms with Crippen LogP contribution in [0.25, 0.3) is 44.8 Å². The monoisotopic (exact) mass is 707 g/mol. The second-order valence-electron chi connectivity index (χ2n) is 15.1. The molecule has 0 saturated heterocycles. The van der Waals surface area contributed by atoms with Crippen LogP contribution >= 0.6 is 23.5 Å². The van der Waals surface area contributed by atoms with Crippen molar-refractivity contribution < 1.29 is 9.47 Å². The van der Waals surface area contributed by atoms with Crippen LogP contribution in [0.1, 0.15) is 49.9 Å². The third kappa shape index (κ3) is 4.21. The highest BCUT2D eigenvalue weighted by atomic mass is 32.2. The first-order valence-electron chi connectivity index (χ1n) is 17.8. The summed E-state index contributed by atoms with van der Waals surface area (Å²) in [6.07, 6.45) is 0. The van der Waals surface area contributed by atoms with Gasteiger partial charge in [0.2, 0.25) is 0 Å². The Hall–Kier alpha value is -5.23. The highest BCUT2D eigenvalue weighted by molar-refractivity contribution is 8.05. The minimum absolute atomic E-state index is 0.119. The van der Waals surface area contributed by atoms with E-state index in [2.05, 4.69) is 125 Å². The predicted octanol–water partition coefficient (Wildman–Crippen LogP) is 13.5. The number of pyridine rings is 1. The van der Waals surface area contributed by atoms with Crippen LogP contribution in [0.2, 0.25) is 0 Å². The summed E-state index contributed by atoms with van der Waals surface area (Å²) in [6, 6.07) is 45.7. The van der Waals surface area contributed by atoms with Crippen LogP contribution in [0.3, 0.4) is 0 Å². The summed E-state index contributed by atoms with van der Waals surface area (Å²) in [5.41, 5.74) is 14.2. The van der Waals surface area contributed by atoms with E-state index in [1.807, 2.05) is 53.9 Å². The van der Waals surface area contributed by atoms with Crippen molar-refractivity contribution in [1.82, 2.24) is 4.98 Å². The SMILES string of the molecule is CC1(C)c2cc(-c3cccc(-c4ccc5c(c4)C(C)(C)c4ccc6c(c4-5)Sc4ccccc4S6)n3)ccc2-c2c1ccc1c2Oc2ccccc2O1. The van der Waals surface area contributed by atoms with E-state index in [0.29, 0.717) is 0 Å². The summed E-state index contributed by atoms with van der Waals surface area (Å²) in [5.74, 6) is 3.03. The molecule has 4 aliphatic rings. The summed E-state index contributed by atoms with van der Waals surface area (Å²) in [6.45, 7) is 9.33. The third-order valence-electron chi connectivity index (χ3n) is 11.4. The Kier molecular flexibility index (Phi) is 6.23. The molecule has 0 bridgehead atoms. The largest absolute Gasteiger partial charge is 0.449 e. The number of hydrogen-bond acceptors (Lipinski definition) is 5. The molecule has 6 aromatic carbocycles. The molecule has 0 N–H and O–H groups in total. The van der Waals surface area contributed by atoms with Gasteiger partial charge in [-0.3, -0.25) is 0 Å². The Morgan fingerprint density at radius 3 is 1.73 bits per heavy atom. The Balaban J connectivity index is 0.963. The van der Waals surface area contributed by atoms with Gasteiger partial charge in [-0.1, -0.05) is 118 Å². The number of nitrogens with zero attached hydrogens (tertiary/aromatic N) is 1. The molecule has 2 aliphatic carbocycles. The molecule has 3 heterocycles. The minimum Gasteiger partial charge on any atom is -0.449 e. The van der Waals surface area contributed by atoms with E-state index < -0.39 is 0 Å². The Bertz CT molecular complexity index is 2530. The number of aromatic nitrogens is 1. The molecule has 1 aromatic heterocycles. The maximum atomic E-state index is 6.52. The molecule has 0 amide bonds. The first-order valence-corrected chi connectivity index (χ1v) is 19.4. The van der Waals surface area contributed by atoms with Crippen LogP contribution in [-0.2, 0) is 10.8 Å². The van der Waals surface area contributed by atoms with Gasteiger partial charge in [0.05, 0.1) is 11.4 Å². The number of rotatable bonds is 2. The molecule has 5 heteroatoms. The number of para-hydroxylation sites is 2. The maximum absolute atomic E-state index is 6.52. The van der Waals surface area contributed by atoms with Crippen LogP contribution in [0, 0.1) is 0 Å². The average Bonchev–Trinajstić information content (AvgIpc) is 3.55. The van der Waals surface area contributed by atoms with Gasteiger partial charge in [-0.05, 0) is 94.0 Å². The van der Waals surface area contributed by atoms with Crippen LogP contribution < -0.4 is 9.47 Å². The van der Waals surface area contributed by atoms with Crippen molar-refractivity contribution in [1.29, 1.82) is 0 Å². The molecule has 0 atom stereocenters. The number of hydrogen-bond donors (Lipinski definition) is 0. The highest BCUT2D eigenvalue weighted by Gasteiger charge is 2.41. The smallest absolute Gasteiger partial charge is 0.178 e. The fourth-order valence-electron chi connectivity index (χ4n) is 8.69. The standard InChI is InChI=1S/C47H33NO2S2/c1-46(2)30-20-22-38-44(50-37-13-6-5-12-36(37)49-38)42(30)28-18-16-26(24-32(28)46)34-10-9-11-35(48-34)27-17-19-29-33(25-27)47(3,4)31-21-23-41-45(43(29)31)52-40-15-8-7-14-39(40)51-41/h5-25H,1-4H3. The van der Waals surface area contributed by atoms with E-state index in [4.69, 9.17) is 14.5 Å². The molecular formula is C47H33NO2S2. The van der Waals surface area contributed by atoms with E-state index in [1.54, 1.807) is 0 Å². The van der Waals surface area contributed by atoms with Gasteiger partial charge < -0.3 is 9.47 Å². The molecule has 7 aromatic rings. The Morgan fingerprint density at radius 1 is 0.462 bits per heavy atom. The lowest BCUT2D eigenvalue weighted by molar-refractivity contribution is 0.360. The molecule has 0 spiro atoms. The number of benzene rings is 6. The quantitative estimate of drug-likeness (QED) is 0.179. The van der Waals surface area contributed by atoms with Gasteiger partial charge in [0.1, 0.15) is 0 Å². The molecule has 0 unspecified atom stereocenters. The molecular weight excluding hydrogens is 675 g/mol. The lowest BCUT2D eigenvalue weighted by atomic mass is 9.81. The lowest BCUT2D eigenvalue weighted by Gasteiger charge is -2.25. The van der Waals surface area contributed by atoms with E-state index in [9.17, 15) is 0 Å². The van der Waals surface area contributed by atoms with Crippen molar-refractivity contribution in [3.63, 3.8) is 0 Å². The zero-order valence-corrected chi connectivity index (χ0v) is 30.8. The summed E-state index contributed by atoms with van der Waals surface area (Å²) in [7, 11) is 0. The molecule has 2 aliphatic heterocycles. The van der Waals surface area contributed by atoms with Crippen LogP contribution in [0.4, 0.5) is 0 Å².